The molecule has 0 fully saturated rings. The molecule has 19 heavy (non-hydrogen) atoms. The number of rotatable bonds is 2. The predicted molar refractivity (Wildman–Crippen MR) is 76.3 cm³/mol. The molecule has 3 heteroatoms. The van der Waals surface area contributed by atoms with E-state index in [2.05, 4.69) is 40.7 Å². The second kappa shape index (κ2) is 4.69. The maximum Gasteiger partial charge on any atom is 0.159 e. The molecular weight excluding hydrogens is 234 g/mol. The molecule has 0 aliphatic heterocycles. The zero-order valence-electron chi connectivity index (χ0n) is 11.0. The largest absolute Gasteiger partial charge is 0.302 e. The Morgan fingerprint density at radius 1 is 0.737 bits per heavy atom. The van der Waals surface area contributed by atoms with E-state index in [0.717, 1.165) is 17.1 Å². The molecule has 1 aromatic carbocycles. The average Bonchev–Trinajstić information content (AvgIpc) is 2.79. The summed E-state index contributed by atoms with van der Waals surface area (Å²) in [6.45, 7) is 4.14. The van der Waals surface area contributed by atoms with Crippen LogP contribution in [0.2, 0.25) is 0 Å². The summed E-state index contributed by atoms with van der Waals surface area (Å²) in [6, 6.07) is 18.3. The quantitative estimate of drug-likeness (QED) is 0.695. The van der Waals surface area contributed by atoms with Crippen molar-refractivity contribution in [2.24, 2.45) is 0 Å². The van der Waals surface area contributed by atoms with E-state index in [1.807, 2.05) is 42.5 Å². The predicted octanol–water partition coefficient (Wildman–Crippen LogP) is 3.55. The van der Waals surface area contributed by atoms with Crippen LogP contribution >= 0.6 is 0 Å². The molecule has 0 saturated heterocycles. The monoisotopic (exact) mass is 249 g/mol. The molecule has 0 spiro atoms. The van der Waals surface area contributed by atoms with Gasteiger partial charge in [0.25, 0.3) is 0 Å². The highest BCUT2D eigenvalue weighted by Gasteiger charge is 2.06. The van der Waals surface area contributed by atoms with E-state index in [1.54, 1.807) is 0 Å². The smallest absolute Gasteiger partial charge is 0.159 e. The Morgan fingerprint density at radius 3 is 2.00 bits per heavy atom. The van der Waals surface area contributed by atoms with Crippen molar-refractivity contribution >= 4 is 0 Å². The van der Waals surface area contributed by atoms with Crippen molar-refractivity contribution in [3.63, 3.8) is 0 Å². The number of aromatic nitrogens is 3. The van der Waals surface area contributed by atoms with Crippen LogP contribution < -0.4 is 0 Å². The summed E-state index contributed by atoms with van der Waals surface area (Å²) < 4.78 is 2.10. The van der Waals surface area contributed by atoms with Gasteiger partial charge >= 0.3 is 0 Å². The number of benzene rings is 1. The Morgan fingerprint density at radius 2 is 1.42 bits per heavy atom. The van der Waals surface area contributed by atoms with Crippen LogP contribution in [0.5, 0.6) is 0 Å². The van der Waals surface area contributed by atoms with Crippen molar-refractivity contribution in [2.45, 2.75) is 13.8 Å². The van der Waals surface area contributed by atoms with Crippen LogP contribution in [0.3, 0.4) is 0 Å². The molecule has 94 valence electrons. The van der Waals surface area contributed by atoms with Crippen LogP contribution in [0.4, 0.5) is 0 Å². The van der Waals surface area contributed by atoms with Gasteiger partial charge in [-0.3, -0.25) is 0 Å². The first-order valence-electron chi connectivity index (χ1n) is 6.30. The highest BCUT2D eigenvalue weighted by atomic mass is 15.2. The Balaban J connectivity index is 2.00. The van der Waals surface area contributed by atoms with Crippen molar-refractivity contribution < 1.29 is 0 Å². The lowest BCUT2D eigenvalue weighted by Gasteiger charge is -2.08. The third-order valence-corrected chi connectivity index (χ3v) is 3.22. The Kier molecular flexibility index (Phi) is 2.88. The molecule has 0 atom stereocenters. The minimum atomic E-state index is 0.861. The first kappa shape index (κ1) is 11.7. The van der Waals surface area contributed by atoms with Gasteiger partial charge in [-0.1, -0.05) is 30.3 Å². The second-order valence-electron chi connectivity index (χ2n) is 4.59. The Bertz CT molecular complexity index is 662. The van der Waals surface area contributed by atoms with E-state index < -0.39 is 0 Å². The average molecular weight is 249 g/mol. The maximum absolute atomic E-state index is 4.33. The third kappa shape index (κ3) is 2.15. The van der Waals surface area contributed by atoms with Crippen molar-refractivity contribution in [2.75, 3.05) is 0 Å². The highest BCUT2D eigenvalue weighted by molar-refractivity contribution is 5.58. The Hall–Kier alpha value is -2.42. The fourth-order valence-electron chi connectivity index (χ4n) is 2.24. The van der Waals surface area contributed by atoms with Crippen LogP contribution in [-0.2, 0) is 0 Å². The number of hydrogen-bond donors (Lipinski definition) is 0. The normalized spacial score (nSPS) is 10.6. The van der Waals surface area contributed by atoms with Gasteiger partial charge in [-0.25, -0.2) is 0 Å². The summed E-state index contributed by atoms with van der Waals surface area (Å²) in [5.74, 6) is 0.861. The summed E-state index contributed by atoms with van der Waals surface area (Å²) in [5.41, 5.74) is 4.31. The molecule has 3 aromatic rings. The molecule has 2 heterocycles. The maximum atomic E-state index is 4.33. The van der Waals surface area contributed by atoms with Crippen LogP contribution in [0.25, 0.3) is 17.1 Å². The van der Waals surface area contributed by atoms with Crippen molar-refractivity contribution in [3.8, 4) is 17.1 Å². The summed E-state index contributed by atoms with van der Waals surface area (Å²) >= 11 is 0. The summed E-state index contributed by atoms with van der Waals surface area (Å²) in [7, 11) is 0. The fraction of sp³-hybridized carbons (Fsp3) is 0.125. The van der Waals surface area contributed by atoms with Gasteiger partial charge in [0.1, 0.15) is 0 Å². The first-order valence-corrected chi connectivity index (χ1v) is 6.30. The topological polar surface area (TPSA) is 30.7 Å². The molecule has 0 bridgehead atoms. The first-order chi connectivity index (χ1) is 9.25. The molecule has 2 aromatic heterocycles. The van der Waals surface area contributed by atoms with Gasteiger partial charge in [0, 0.05) is 17.0 Å². The SMILES string of the molecule is Cc1ccc(C)n1-c1ccc(-c2ccccc2)nn1. The van der Waals surface area contributed by atoms with Gasteiger partial charge in [-0.15, -0.1) is 10.2 Å². The van der Waals surface area contributed by atoms with E-state index in [1.165, 1.54) is 11.4 Å². The van der Waals surface area contributed by atoms with E-state index >= 15 is 0 Å². The molecule has 3 nitrogen and oxygen atoms in total. The van der Waals surface area contributed by atoms with Crippen LogP contribution in [-0.4, -0.2) is 14.8 Å². The number of hydrogen-bond acceptors (Lipinski definition) is 2. The molecule has 0 saturated carbocycles. The minimum absolute atomic E-state index is 0.861. The summed E-state index contributed by atoms with van der Waals surface area (Å²) in [6.07, 6.45) is 0. The summed E-state index contributed by atoms with van der Waals surface area (Å²) in [4.78, 5) is 0. The van der Waals surface area contributed by atoms with Gasteiger partial charge in [0.2, 0.25) is 0 Å². The van der Waals surface area contributed by atoms with Gasteiger partial charge < -0.3 is 4.57 Å². The zero-order valence-corrected chi connectivity index (χ0v) is 11.0. The van der Waals surface area contributed by atoms with Crippen molar-refractivity contribution in [3.05, 3.63) is 66.0 Å². The van der Waals surface area contributed by atoms with Gasteiger partial charge in [0.05, 0.1) is 5.69 Å². The molecule has 3 rings (SSSR count). The molecule has 0 amide bonds. The highest BCUT2D eigenvalue weighted by Crippen LogP contribution is 2.18. The zero-order chi connectivity index (χ0) is 13.2. The molecule has 0 radical (unpaired) electrons. The summed E-state index contributed by atoms with van der Waals surface area (Å²) in [5, 5.41) is 8.65. The van der Waals surface area contributed by atoms with Crippen LogP contribution in [0, 0.1) is 13.8 Å². The number of aryl methyl sites for hydroxylation is 2. The van der Waals surface area contributed by atoms with E-state index in [-0.39, 0.29) is 0 Å². The van der Waals surface area contributed by atoms with Gasteiger partial charge in [-0.05, 0) is 38.1 Å². The molecular formula is C16H15N3. The van der Waals surface area contributed by atoms with E-state index in [4.69, 9.17) is 0 Å². The van der Waals surface area contributed by atoms with Gasteiger partial charge in [0.15, 0.2) is 5.82 Å². The van der Waals surface area contributed by atoms with Crippen molar-refractivity contribution in [1.82, 2.24) is 14.8 Å². The van der Waals surface area contributed by atoms with Gasteiger partial charge in [-0.2, -0.15) is 0 Å². The van der Waals surface area contributed by atoms with Crippen molar-refractivity contribution in [1.29, 1.82) is 0 Å². The molecule has 0 unspecified atom stereocenters. The lowest BCUT2D eigenvalue weighted by atomic mass is 10.1. The lowest BCUT2D eigenvalue weighted by molar-refractivity contribution is 0.874. The number of nitrogens with zero attached hydrogens (tertiary/aromatic N) is 3. The van der Waals surface area contributed by atoms with E-state index in [0.29, 0.717) is 0 Å². The van der Waals surface area contributed by atoms with Crippen LogP contribution in [0.15, 0.2) is 54.6 Å². The minimum Gasteiger partial charge on any atom is -0.302 e. The third-order valence-electron chi connectivity index (χ3n) is 3.22. The molecule has 0 aliphatic carbocycles. The standard InChI is InChI=1S/C16H15N3/c1-12-8-9-13(2)19(12)16-11-10-15(17-18-16)14-6-4-3-5-7-14/h3-11H,1-2H3. The van der Waals surface area contributed by atoms with Crippen LogP contribution in [0.1, 0.15) is 11.4 Å². The lowest BCUT2D eigenvalue weighted by Crippen LogP contribution is -2.03. The second-order valence-corrected chi connectivity index (χ2v) is 4.59. The molecule has 0 N–H and O–H groups in total. The van der Waals surface area contributed by atoms with E-state index in [9.17, 15) is 0 Å². The molecule has 0 aliphatic rings. The fourth-order valence-corrected chi connectivity index (χ4v) is 2.24. The Labute approximate surface area is 112 Å².